The summed E-state index contributed by atoms with van der Waals surface area (Å²) in [5.41, 5.74) is 3.86. The van der Waals surface area contributed by atoms with Crippen molar-refractivity contribution in [1.29, 1.82) is 0 Å². The van der Waals surface area contributed by atoms with Gasteiger partial charge < -0.3 is 10.2 Å². The lowest BCUT2D eigenvalue weighted by atomic mass is 10.1. The first kappa shape index (κ1) is 13.6. The zero-order chi connectivity index (χ0) is 13.8. The molecule has 1 aliphatic heterocycles. The van der Waals surface area contributed by atoms with Crippen LogP contribution in [0.25, 0.3) is 0 Å². The van der Waals surface area contributed by atoms with Crippen LogP contribution < -0.4 is 10.2 Å². The van der Waals surface area contributed by atoms with E-state index in [9.17, 15) is 4.79 Å². The molecule has 3 rings (SSSR count). The normalized spacial score (nSPS) is 18.8. The maximum atomic E-state index is 12.0. The van der Waals surface area contributed by atoms with E-state index in [1.165, 1.54) is 56.3 Å². The summed E-state index contributed by atoms with van der Waals surface area (Å²) in [5.74, 6) is 0.168. The van der Waals surface area contributed by atoms with E-state index in [0.717, 1.165) is 18.7 Å². The Kier molecular flexibility index (Phi) is 4.36. The van der Waals surface area contributed by atoms with Gasteiger partial charge in [-0.05, 0) is 61.8 Å². The zero-order valence-corrected chi connectivity index (χ0v) is 12.2. The van der Waals surface area contributed by atoms with E-state index in [0.29, 0.717) is 6.42 Å². The number of nitrogens with one attached hydrogen (secondary N) is 2. The fraction of sp³-hybridized carbons (Fsp3) is 0.588. The van der Waals surface area contributed by atoms with E-state index in [4.69, 9.17) is 0 Å². The molecule has 0 spiro atoms. The molecule has 1 aromatic carbocycles. The Labute approximate surface area is 121 Å². The molecule has 1 saturated heterocycles. The predicted molar refractivity (Wildman–Crippen MR) is 81.1 cm³/mol. The number of rotatable bonds is 4. The van der Waals surface area contributed by atoms with E-state index in [1.807, 2.05) is 0 Å². The molecule has 1 heterocycles. The van der Waals surface area contributed by atoms with Crippen LogP contribution in [0.1, 0.15) is 43.2 Å². The van der Waals surface area contributed by atoms with Gasteiger partial charge in [-0.15, -0.1) is 0 Å². The van der Waals surface area contributed by atoms with E-state index in [-0.39, 0.29) is 5.91 Å². The molecule has 0 aromatic heterocycles. The number of amides is 1. The molecule has 2 N–H and O–H groups in total. The summed E-state index contributed by atoms with van der Waals surface area (Å²) in [7, 11) is 0. The molecule has 0 radical (unpaired) electrons. The van der Waals surface area contributed by atoms with Crippen molar-refractivity contribution in [3.8, 4) is 0 Å². The van der Waals surface area contributed by atoms with Crippen molar-refractivity contribution in [3.63, 3.8) is 0 Å². The Hall–Kier alpha value is -1.35. The number of carbonyl (C=O) groups is 1. The molecule has 1 aromatic rings. The third kappa shape index (κ3) is 3.40. The standard InChI is InChI=1S/C17H24N2O/c20-17(9-12-19-10-2-1-3-11-19)18-16-8-7-14-5-4-6-15(14)13-16/h7-8,13H,1-6,9-12H2,(H,18,20)/p+1. The number of likely N-dealkylation sites (tertiary alicyclic amines) is 1. The molecule has 1 fully saturated rings. The van der Waals surface area contributed by atoms with Crippen molar-refractivity contribution in [2.45, 2.75) is 44.9 Å². The fourth-order valence-corrected chi connectivity index (χ4v) is 3.47. The van der Waals surface area contributed by atoms with Gasteiger partial charge in [0.05, 0.1) is 26.1 Å². The second-order valence-electron chi connectivity index (χ2n) is 6.20. The van der Waals surface area contributed by atoms with Crippen molar-refractivity contribution < 1.29 is 9.69 Å². The molecule has 0 bridgehead atoms. The molecule has 0 saturated carbocycles. The smallest absolute Gasteiger partial charge is 0.230 e. The average molecular weight is 273 g/mol. The maximum absolute atomic E-state index is 12.0. The number of benzene rings is 1. The van der Waals surface area contributed by atoms with Gasteiger partial charge in [-0.25, -0.2) is 0 Å². The lowest BCUT2D eigenvalue weighted by Gasteiger charge is -2.23. The van der Waals surface area contributed by atoms with Crippen LogP contribution in [0.2, 0.25) is 0 Å². The highest BCUT2D eigenvalue weighted by molar-refractivity contribution is 5.90. The highest BCUT2D eigenvalue weighted by atomic mass is 16.1. The Morgan fingerprint density at radius 2 is 1.85 bits per heavy atom. The summed E-state index contributed by atoms with van der Waals surface area (Å²) in [5, 5.41) is 3.06. The minimum Gasteiger partial charge on any atom is -0.335 e. The number of aryl methyl sites for hydroxylation is 2. The average Bonchev–Trinajstić information content (AvgIpc) is 2.94. The molecule has 1 amide bonds. The third-order valence-corrected chi connectivity index (χ3v) is 4.65. The number of hydrogen-bond acceptors (Lipinski definition) is 1. The maximum Gasteiger partial charge on any atom is 0.230 e. The summed E-state index contributed by atoms with van der Waals surface area (Å²) in [6, 6.07) is 6.39. The highest BCUT2D eigenvalue weighted by Crippen LogP contribution is 2.24. The Balaban J connectivity index is 1.48. The quantitative estimate of drug-likeness (QED) is 0.858. The van der Waals surface area contributed by atoms with Crippen molar-refractivity contribution in [2.75, 3.05) is 25.0 Å². The van der Waals surface area contributed by atoms with E-state index >= 15 is 0 Å². The number of hydrogen-bond donors (Lipinski definition) is 2. The summed E-state index contributed by atoms with van der Waals surface area (Å²) in [6.07, 6.45) is 8.27. The lowest BCUT2D eigenvalue weighted by molar-refractivity contribution is -0.904. The minimum absolute atomic E-state index is 0.168. The van der Waals surface area contributed by atoms with Crippen LogP contribution in [0.15, 0.2) is 18.2 Å². The largest absolute Gasteiger partial charge is 0.335 e. The van der Waals surface area contributed by atoms with Crippen LogP contribution in [-0.4, -0.2) is 25.5 Å². The van der Waals surface area contributed by atoms with Crippen molar-refractivity contribution >= 4 is 11.6 Å². The van der Waals surface area contributed by atoms with Crippen LogP contribution in [0.4, 0.5) is 5.69 Å². The number of quaternary nitrogens is 1. The first-order valence-electron chi connectivity index (χ1n) is 8.06. The summed E-state index contributed by atoms with van der Waals surface area (Å²) >= 11 is 0. The van der Waals surface area contributed by atoms with Crippen LogP contribution in [0, 0.1) is 0 Å². The molecule has 0 unspecified atom stereocenters. The molecular formula is C17H25N2O+. The van der Waals surface area contributed by atoms with Gasteiger partial charge in [0.15, 0.2) is 0 Å². The first-order chi connectivity index (χ1) is 9.81. The van der Waals surface area contributed by atoms with Gasteiger partial charge in [0.25, 0.3) is 0 Å². The second kappa shape index (κ2) is 6.40. The zero-order valence-electron chi connectivity index (χ0n) is 12.2. The number of piperidine rings is 1. The van der Waals surface area contributed by atoms with Gasteiger partial charge in [-0.2, -0.15) is 0 Å². The number of anilines is 1. The molecular weight excluding hydrogens is 248 g/mol. The Morgan fingerprint density at radius 3 is 2.70 bits per heavy atom. The first-order valence-corrected chi connectivity index (χ1v) is 8.06. The second-order valence-corrected chi connectivity index (χ2v) is 6.20. The SMILES string of the molecule is O=C(CC[NH+]1CCCCC1)Nc1ccc2c(c1)CCC2. The van der Waals surface area contributed by atoms with Crippen LogP contribution in [0.5, 0.6) is 0 Å². The van der Waals surface area contributed by atoms with E-state index in [2.05, 4.69) is 23.5 Å². The third-order valence-electron chi connectivity index (χ3n) is 4.65. The van der Waals surface area contributed by atoms with Gasteiger partial charge in [-0.3, -0.25) is 4.79 Å². The lowest BCUT2D eigenvalue weighted by Crippen LogP contribution is -3.12. The van der Waals surface area contributed by atoms with E-state index in [1.54, 1.807) is 4.90 Å². The predicted octanol–water partition coefficient (Wildman–Crippen LogP) is 1.57. The van der Waals surface area contributed by atoms with Gasteiger partial charge in [0.2, 0.25) is 5.91 Å². The molecule has 0 atom stereocenters. The number of carbonyl (C=O) groups excluding carboxylic acids is 1. The van der Waals surface area contributed by atoms with Gasteiger partial charge in [0.1, 0.15) is 0 Å². The summed E-state index contributed by atoms with van der Waals surface area (Å²) in [6.45, 7) is 3.47. The van der Waals surface area contributed by atoms with Crippen LogP contribution in [0.3, 0.4) is 0 Å². The van der Waals surface area contributed by atoms with Crippen molar-refractivity contribution in [1.82, 2.24) is 0 Å². The van der Waals surface area contributed by atoms with E-state index < -0.39 is 0 Å². The summed E-state index contributed by atoms with van der Waals surface area (Å²) < 4.78 is 0. The molecule has 2 aliphatic rings. The van der Waals surface area contributed by atoms with Crippen molar-refractivity contribution in [3.05, 3.63) is 29.3 Å². The molecule has 3 heteroatoms. The molecule has 108 valence electrons. The topological polar surface area (TPSA) is 33.5 Å². The van der Waals surface area contributed by atoms with Gasteiger partial charge in [0, 0.05) is 5.69 Å². The fourth-order valence-electron chi connectivity index (χ4n) is 3.47. The Morgan fingerprint density at radius 1 is 1.05 bits per heavy atom. The number of fused-ring (bicyclic) bond motifs is 1. The molecule has 1 aliphatic carbocycles. The van der Waals surface area contributed by atoms with Gasteiger partial charge in [-0.1, -0.05) is 6.07 Å². The Bertz CT molecular complexity index is 478. The monoisotopic (exact) mass is 273 g/mol. The van der Waals surface area contributed by atoms with Gasteiger partial charge >= 0.3 is 0 Å². The summed E-state index contributed by atoms with van der Waals surface area (Å²) in [4.78, 5) is 13.6. The minimum atomic E-state index is 0.168. The van der Waals surface area contributed by atoms with Crippen molar-refractivity contribution in [2.24, 2.45) is 0 Å². The van der Waals surface area contributed by atoms with Crippen LogP contribution in [-0.2, 0) is 17.6 Å². The van der Waals surface area contributed by atoms with Crippen LogP contribution >= 0.6 is 0 Å². The molecule has 3 nitrogen and oxygen atoms in total. The highest BCUT2D eigenvalue weighted by Gasteiger charge is 2.15. The molecule has 20 heavy (non-hydrogen) atoms.